The topological polar surface area (TPSA) is 0 Å². The van der Waals surface area contributed by atoms with Gasteiger partial charge in [-0.05, 0) is 6.92 Å². The van der Waals surface area contributed by atoms with Crippen molar-refractivity contribution in [2.24, 2.45) is 0 Å². The molecule has 0 aliphatic rings. The van der Waals surface area contributed by atoms with E-state index < -0.39 is 0 Å². The monoisotopic (exact) mass is 118 g/mol. The lowest BCUT2D eigenvalue weighted by molar-refractivity contribution is 1.87. The Labute approximate surface area is 56.9 Å². The smallest absolute Gasteiger partial charge is 0.0313 e. The summed E-state index contributed by atoms with van der Waals surface area (Å²) >= 11 is 0. The third-order valence-corrected chi connectivity index (χ3v) is 0.692. The summed E-state index contributed by atoms with van der Waals surface area (Å²) in [6.45, 7) is 8.58. The van der Waals surface area contributed by atoms with Gasteiger partial charge in [-0.2, -0.15) is 0 Å². The number of hydrogen-bond acceptors (Lipinski definition) is 0. The second-order valence-electron chi connectivity index (χ2n) is 1.39. The maximum Gasteiger partial charge on any atom is -0.0313 e. The Bertz CT molecular complexity index is 136. The highest BCUT2D eigenvalue weighted by Crippen LogP contribution is 1.78. The molecule has 0 aromatic rings. The molecule has 0 aliphatic carbocycles. The highest BCUT2D eigenvalue weighted by molar-refractivity contribution is 5.14. The maximum atomic E-state index is 5.07. The van der Waals surface area contributed by atoms with E-state index in [9.17, 15) is 0 Å². The van der Waals surface area contributed by atoms with Crippen LogP contribution in [0.15, 0.2) is 42.5 Å². The van der Waals surface area contributed by atoms with E-state index in [1.807, 2.05) is 24.3 Å². The van der Waals surface area contributed by atoms with E-state index in [2.05, 4.69) is 6.92 Å². The van der Waals surface area contributed by atoms with Gasteiger partial charge in [-0.3, -0.25) is 0 Å². The maximum absolute atomic E-state index is 5.07. The van der Waals surface area contributed by atoms with Crippen LogP contribution in [0.1, 0.15) is 0 Å². The summed E-state index contributed by atoms with van der Waals surface area (Å²) in [5, 5.41) is 0. The van der Waals surface area contributed by atoms with Crippen LogP contribution in [0.5, 0.6) is 0 Å². The fourth-order valence-electron chi connectivity index (χ4n) is 0.335. The molecule has 0 aliphatic heterocycles. The first kappa shape index (κ1) is 7.96. The molecule has 0 saturated heterocycles. The van der Waals surface area contributed by atoms with Gasteiger partial charge in [0, 0.05) is 0 Å². The summed E-state index contributed by atoms with van der Waals surface area (Å²) in [5.41, 5.74) is 0. The van der Waals surface area contributed by atoms with E-state index >= 15 is 0 Å². The van der Waals surface area contributed by atoms with Crippen LogP contribution in [0.3, 0.4) is 0 Å². The van der Waals surface area contributed by atoms with Gasteiger partial charge in [0.1, 0.15) is 0 Å². The molecule has 0 atom stereocenters. The standard InChI is InChI=1S/C9H10/c1-3-5-7-9-8-6-4-2/h1,3-9H,2H2/b3-1?,6-4+,7-5+,9-8+. The van der Waals surface area contributed by atoms with Crippen molar-refractivity contribution >= 4 is 0 Å². The van der Waals surface area contributed by atoms with Crippen LogP contribution in [-0.4, -0.2) is 0 Å². The molecule has 0 unspecified atom stereocenters. The number of rotatable bonds is 3. The molecule has 46 valence electrons. The van der Waals surface area contributed by atoms with Gasteiger partial charge < -0.3 is 0 Å². The molecular formula is C9H10. The van der Waals surface area contributed by atoms with E-state index in [1.54, 1.807) is 12.2 Å². The van der Waals surface area contributed by atoms with Gasteiger partial charge in [-0.15, -0.1) is 0 Å². The number of allylic oxidation sites excluding steroid dienone is 7. The van der Waals surface area contributed by atoms with Crippen molar-refractivity contribution in [2.75, 3.05) is 0 Å². The minimum Gasteiger partial charge on any atom is -0.0842 e. The molecule has 0 heteroatoms. The zero-order valence-corrected chi connectivity index (χ0v) is 5.33. The van der Waals surface area contributed by atoms with Crippen molar-refractivity contribution < 1.29 is 0 Å². The summed E-state index contributed by atoms with van der Waals surface area (Å²) in [5.74, 6) is 0. The summed E-state index contributed by atoms with van der Waals surface area (Å²) in [7, 11) is 0. The Morgan fingerprint density at radius 1 is 0.889 bits per heavy atom. The first-order valence-corrected chi connectivity index (χ1v) is 2.74. The summed E-state index contributed by atoms with van der Waals surface area (Å²) in [4.78, 5) is 0. The van der Waals surface area contributed by atoms with Gasteiger partial charge in [-0.25, -0.2) is 0 Å². The van der Waals surface area contributed by atoms with Crippen LogP contribution in [0.4, 0.5) is 0 Å². The summed E-state index contributed by atoms with van der Waals surface area (Å²) in [6.07, 6.45) is 12.4. The molecule has 0 saturated carbocycles. The van der Waals surface area contributed by atoms with Crippen molar-refractivity contribution in [1.82, 2.24) is 0 Å². The second-order valence-corrected chi connectivity index (χ2v) is 1.39. The van der Waals surface area contributed by atoms with Crippen LogP contribution in [-0.2, 0) is 0 Å². The van der Waals surface area contributed by atoms with Crippen molar-refractivity contribution in [3.05, 3.63) is 56.0 Å². The lowest BCUT2D eigenvalue weighted by atomic mass is 10.4. The van der Waals surface area contributed by atoms with Gasteiger partial charge in [0.25, 0.3) is 0 Å². The molecule has 0 aromatic heterocycles. The zero-order chi connectivity index (χ0) is 6.95. The van der Waals surface area contributed by atoms with Crippen molar-refractivity contribution in [1.29, 1.82) is 0 Å². The third kappa shape index (κ3) is 6.96. The van der Waals surface area contributed by atoms with Crippen molar-refractivity contribution in [2.45, 2.75) is 0 Å². The second kappa shape index (κ2) is 6.96. The highest BCUT2D eigenvalue weighted by atomic mass is 13.6. The fraction of sp³-hybridized carbons (Fsp3) is 0. The van der Waals surface area contributed by atoms with E-state index in [4.69, 9.17) is 6.58 Å². The van der Waals surface area contributed by atoms with Crippen LogP contribution in [0.25, 0.3) is 0 Å². The average molecular weight is 118 g/mol. The molecule has 0 spiro atoms. The van der Waals surface area contributed by atoms with E-state index in [0.717, 1.165) is 0 Å². The fourth-order valence-corrected chi connectivity index (χ4v) is 0.335. The average Bonchev–Trinajstić information content (AvgIpc) is 1.89. The molecule has 0 fully saturated rings. The molecule has 2 radical (unpaired) electrons. The lowest BCUT2D eigenvalue weighted by Gasteiger charge is -1.69. The van der Waals surface area contributed by atoms with Crippen LogP contribution >= 0.6 is 0 Å². The van der Waals surface area contributed by atoms with Gasteiger partial charge in [0.05, 0.1) is 0 Å². The minimum atomic E-state index is 1.48. The molecular weight excluding hydrogens is 108 g/mol. The van der Waals surface area contributed by atoms with Crippen LogP contribution < -0.4 is 0 Å². The minimum absolute atomic E-state index is 1.48. The lowest BCUT2D eigenvalue weighted by Crippen LogP contribution is -1.47. The predicted octanol–water partition coefficient (Wildman–Crippen LogP) is 2.48. The summed E-state index contributed by atoms with van der Waals surface area (Å²) in [6, 6.07) is 0. The van der Waals surface area contributed by atoms with E-state index in [0.29, 0.717) is 0 Å². The van der Waals surface area contributed by atoms with E-state index in [-0.39, 0.29) is 0 Å². The normalized spacial score (nSPS) is 12.1. The van der Waals surface area contributed by atoms with Gasteiger partial charge in [-0.1, -0.05) is 49.1 Å². The Balaban J connectivity index is 3.46. The quantitative estimate of drug-likeness (QED) is 0.499. The first-order valence-electron chi connectivity index (χ1n) is 2.74. The summed E-state index contributed by atoms with van der Waals surface area (Å²) < 4.78 is 0. The molecule has 0 heterocycles. The van der Waals surface area contributed by atoms with E-state index in [1.165, 1.54) is 6.08 Å². The largest absolute Gasteiger partial charge is 0.0842 e. The molecule has 0 nitrogen and oxygen atoms in total. The Kier molecular flexibility index (Phi) is 6.16. The Morgan fingerprint density at radius 2 is 1.44 bits per heavy atom. The van der Waals surface area contributed by atoms with Crippen LogP contribution in [0.2, 0.25) is 0 Å². The van der Waals surface area contributed by atoms with Crippen molar-refractivity contribution in [3.63, 3.8) is 0 Å². The molecule has 0 rings (SSSR count). The van der Waals surface area contributed by atoms with Gasteiger partial charge in [0.2, 0.25) is 0 Å². The van der Waals surface area contributed by atoms with Crippen LogP contribution in [0, 0.1) is 13.5 Å². The van der Waals surface area contributed by atoms with Gasteiger partial charge >= 0.3 is 0 Å². The predicted molar refractivity (Wildman–Crippen MR) is 41.6 cm³/mol. The molecule has 9 heavy (non-hydrogen) atoms. The number of hydrogen-bond donors (Lipinski definition) is 0. The third-order valence-electron chi connectivity index (χ3n) is 0.692. The SMILES string of the molecule is [CH]=C/C=C/C=C/C=C/[CH2]. The first-order chi connectivity index (χ1) is 4.41. The highest BCUT2D eigenvalue weighted by Gasteiger charge is 1.57. The Morgan fingerprint density at radius 3 is 2.00 bits per heavy atom. The molecule has 0 N–H and O–H groups in total. The molecule has 0 aromatic carbocycles. The van der Waals surface area contributed by atoms with Crippen molar-refractivity contribution in [3.8, 4) is 0 Å². The molecule has 0 amide bonds. The zero-order valence-electron chi connectivity index (χ0n) is 5.33. The Hall–Kier alpha value is -1.04. The molecule has 0 bridgehead atoms. The van der Waals surface area contributed by atoms with Gasteiger partial charge in [0.15, 0.2) is 0 Å².